The highest BCUT2D eigenvalue weighted by Crippen LogP contribution is 2.66. The fraction of sp³-hybridized carbons (Fsp3) is 0.509. The molecule has 4 aliphatic heterocycles. The van der Waals surface area contributed by atoms with Crippen molar-refractivity contribution in [2.75, 3.05) is 57.0 Å². The van der Waals surface area contributed by atoms with Crippen LogP contribution in [0.1, 0.15) is 132 Å². The Morgan fingerprint density at radius 3 is 2.33 bits per heavy atom. The molecule has 0 bridgehead atoms. The molecule has 3 amide bonds. The first kappa shape index (κ1) is 64.1. The average molecular weight is 1260 g/mol. The molecule has 1 fully saturated rings. The van der Waals surface area contributed by atoms with E-state index in [1.54, 1.807) is 11.9 Å². The topological polar surface area (TPSA) is 373 Å². The molecule has 3 aromatic carbocycles. The van der Waals surface area contributed by atoms with Gasteiger partial charge in [0.15, 0.2) is 18.0 Å². The maximum atomic E-state index is 14.8. The Labute approximate surface area is 495 Å². The first-order chi connectivity index (χ1) is 40.2. The van der Waals surface area contributed by atoms with Crippen molar-refractivity contribution >= 4 is 69.7 Å². The summed E-state index contributed by atoms with van der Waals surface area (Å²) in [5.74, 6) is 0.998. The van der Waals surface area contributed by atoms with Crippen molar-refractivity contribution < 1.29 is 84.7 Å². The molecule has 86 heavy (non-hydrogen) atoms. The molecule has 2 aromatic heterocycles. The Morgan fingerprint density at radius 2 is 1.63 bits per heavy atom. The number of imidazole rings is 1. The van der Waals surface area contributed by atoms with Gasteiger partial charge in [0.1, 0.15) is 30.3 Å². The van der Waals surface area contributed by atoms with Gasteiger partial charge in [0.2, 0.25) is 23.0 Å². The van der Waals surface area contributed by atoms with Gasteiger partial charge in [0, 0.05) is 90.8 Å². The fourth-order valence-electron chi connectivity index (χ4n) is 12.8. The van der Waals surface area contributed by atoms with Crippen molar-refractivity contribution in [3.63, 3.8) is 0 Å². The molecule has 0 aliphatic carbocycles. The molecule has 31 heteroatoms. The van der Waals surface area contributed by atoms with Crippen LogP contribution < -0.4 is 51.3 Å². The van der Waals surface area contributed by atoms with E-state index in [1.807, 2.05) is 24.3 Å². The van der Waals surface area contributed by atoms with Crippen LogP contribution in [-0.2, 0) is 48.2 Å². The summed E-state index contributed by atoms with van der Waals surface area (Å²) in [4.78, 5) is 102. The second-order valence-electron chi connectivity index (χ2n) is 23.3. The number of aromatic amines is 1. The molecule has 6 heterocycles. The smallest absolute Gasteiger partial charge is 0.456 e. The van der Waals surface area contributed by atoms with Crippen molar-refractivity contribution in [1.29, 1.82) is 0 Å². The Kier molecular flexibility index (Phi) is 18.1. The van der Waals surface area contributed by atoms with Crippen LogP contribution in [0.3, 0.4) is 0 Å². The van der Waals surface area contributed by atoms with E-state index in [2.05, 4.69) is 118 Å². The Bertz CT molecular complexity index is 3870. The van der Waals surface area contributed by atoms with Crippen LogP contribution in [0.2, 0.25) is 0 Å². The van der Waals surface area contributed by atoms with E-state index in [1.165, 1.54) is 29.1 Å². The van der Waals surface area contributed by atoms with E-state index in [4.69, 9.17) is 34.3 Å². The van der Waals surface area contributed by atoms with Gasteiger partial charge in [-0.05, 0) is 95.5 Å². The largest absolute Gasteiger partial charge is 0.490 e. The lowest BCUT2D eigenvalue weighted by Gasteiger charge is -2.47. The zero-order valence-corrected chi connectivity index (χ0v) is 52.1. The number of nitrogens with two attached hydrogens (primary N) is 1. The second kappa shape index (κ2) is 24.3. The number of aromatic nitrogens is 4. The predicted molar refractivity (Wildman–Crippen MR) is 312 cm³/mol. The van der Waals surface area contributed by atoms with Crippen molar-refractivity contribution in [1.82, 2.24) is 34.6 Å². The number of anilines is 2. The number of fused-ring (bicyclic) bond motifs is 5. The van der Waals surface area contributed by atoms with Crippen LogP contribution in [0.25, 0.3) is 16.7 Å². The number of alkyl carbamates (subject to hydrolysis) is 1. The number of nitrogens with zero attached hydrogens (tertiary/aromatic N) is 6. The summed E-state index contributed by atoms with van der Waals surface area (Å²) in [6.07, 6.45) is -4.55. The summed E-state index contributed by atoms with van der Waals surface area (Å²) < 4.78 is 71.1. The summed E-state index contributed by atoms with van der Waals surface area (Å²) in [5, 5.41) is 18.6. The molecular weight excluding hydrogens is 1180 g/mol. The van der Waals surface area contributed by atoms with Crippen LogP contribution in [-0.4, -0.2) is 138 Å². The van der Waals surface area contributed by atoms with Gasteiger partial charge < -0.3 is 65.1 Å². The normalized spacial score (nSPS) is 22.6. The molecule has 5 aromatic rings. The highest BCUT2D eigenvalue weighted by atomic mass is 31.3. The standard InChI is InChI=1S/C55H73N10O18P3/c1-11-64-38-24-40-36(22-34(38)30(3)26-54(64,5)6)44(37-23-35-31(4)27-55(7,8)65(12-2)39(35)25-41(37)79-40)32-16-13-14-17-33(32)50(69)61(9)21-15-18-43(66)57-19-20-58-53(70)81-47-46(67)42(28-78-85(74,75)83-86(76,77)82-84(71,72)73)80-51(47)63-29-62(10)45-48(63)59-52(56)60-49(45)68/h13-14,16-17,22-25,29-31,42,46-47,51,67H,11-12,15,18-21,26-28H2,1-10H3,(H7-2,56,57,58,59,60,66,68,70,71,72,73,74,75,76,77)/p+2/t30?,31?,42-,46-,47-,51-/m1/s1. The van der Waals surface area contributed by atoms with Gasteiger partial charge in [-0.25, -0.2) is 27.6 Å². The molecule has 0 saturated carbocycles. The predicted octanol–water partition coefficient (Wildman–Crippen LogP) is 3.76. The first-order valence-electron chi connectivity index (χ1n) is 28.1. The number of nitrogen functional groups attached to an aromatic ring is 1. The Balaban J connectivity index is 0.867. The number of hydrogen-bond donors (Lipinski definition) is 9. The van der Waals surface area contributed by atoms with Crippen LogP contribution in [0.15, 0.2) is 59.7 Å². The molecule has 0 radical (unpaired) electrons. The number of aryl methyl sites for hydroxylation is 1. The summed E-state index contributed by atoms with van der Waals surface area (Å²) >= 11 is 0. The van der Waals surface area contributed by atoms with Gasteiger partial charge in [0.05, 0.1) is 19.7 Å². The lowest BCUT2D eigenvalue weighted by atomic mass is 9.77. The number of H-pyrrole nitrogens is 1. The molecule has 0 spiro atoms. The maximum Gasteiger partial charge on any atom is 0.490 e. The Hall–Kier alpha value is -6.38. The minimum absolute atomic E-state index is 0.0156. The minimum atomic E-state index is -5.91. The van der Waals surface area contributed by atoms with Crippen LogP contribution in [0, 0.1) is 0 Å². The molecule has 4 unspecified atom stereocenters. The minimum Gasteiger partial charge on any atom is -0.456 e. The van der Waals surface area contributed by atoms with E-state index in [-0.39, 0.29) is 84.3 Å². The lowest BCUT2D eigenvalue weighted by molar-refractivity contribution is -0.745. The zero-order valence-electron chi connectivity index (χ0n) is 49.4. The molecular formula is C55H75N10O18P3+2. The van der Waals surface area contributed by atoms with Crippen molar-refractivity contribution in [3.05, 3.63) is 104 Å². The van der Waals surface area contributed by atoms with E-state index >= 15 is 0 Å². The quantitative estimate of drug-likeness (QED) is 0.0298. The number of ether oxygens (including phenoxy) is 3. The second-order valence-corrected chi connectivity index (χ2v) is 27.8. The van der Waals surface area contributed by atoms with Gasteiger partial charge in [-0.1, -0.05) is 37.0 Å². The van der Waals surface area contributed by atoms with Gasteiger partial charge in [0.25, 0.3) is 17.4 Å². The molecule has 4 aliphatic rings. The Morgan fingerprint density at radius 1 is 0.930 bits per heavy atom. The molecule has 466 valence electrons. The van der Waals surface area contributed by atoms with E-state index in [0.717, 1.165) is 75.0 Å². The SMILES string of the molecule is CCN1c2cc3c(cc2C(C)CC1(C)C)C(c1ccccc1C(=O)N(C)CCCC(=O)NCCNC(=O)O[C@@H]1[C@H](O)[C@@H](COP(=O)(O)OP(=O)(O)OP(=O)(O)O)O[C@H]1[n+]1cn(C)c2c(=O)[nH]c(N)nc21)=c1cc2c(cc1O3)=[N+](CC)C(C)(C)CC2C. The van der Waals surface area contributed by atoms with Gasteiger partial charge in [-0.15, -0.1) is 0 Å². The summed E-state index contributed by atoms with van der Waals surface area (Å²) in [7, 11) is -14.2. The van der Waals surface area contributed by atoms with Gasteiger partial charge in [-0.3, -0.25) is 28.5 Å². The third kappa shape index (κ3) is 13.2. The third-order valence-electron chi connectivity index (χ3n) is 16.2. The monoisotopic (exact) mass is 1260 g/mol. The molecule has 1 saturated heterocycles. The fourth-order valence-corrected chi connectivity index (χ4v) is 15.8. The van der Waals surface area contributed by atoms with E-state index in [0.29, 0.717) is 5.56 Å². The van der Waals surface area contributed by atoms with Crippen molar-refractivity contribution in [3.8, 4) is 11.5 Å². The number of phosphoric acid groups is 3. The van der Waals surface area contributed by atoms with Gasteiger partial charge >= 0.3 is 35.2 Å². The average Bonchev–Trinajstić information content (AvgIpc) is 0.902. The number of aliphatic hydroxyl groups is 1. The lowest BCUT2D eigenvalue weighted by Crippen LogP contribution is -2.52. The number of benzene rings is 3. The number of hydrogen-bond acceptors (Lipinski definition) is 17. The zero-order chi connectivity index (χ0) is 62.7. The number of carbonyl (C=O) groups is 3. The van der Waals surface area contributed by atoms with Crippen LogP contribution in [0.5, 0.6) is 11.5 Å². The number of aliphatic hydroxyl groups excluding tert-OH is 1. The molecule has 8 atom stereocenters. The van der Waals surface area contributed by atoms with Crippen molar-refractivity contribution in [2.45, 2.75) is 129 Å². The number of phosphoric ester groups is 1. The molecule has 10 N–H and O–H groups in total. The summed E-state index contributed by atoms with van der Waals surface area (Å²) in [5.41, 5.74) is 11.5. The van der Waals surface area contributed by atoms with E-state index < -0.39 is 66.3 Å². The summed E-state index contributed by atoms with van der Waals surface area (Å²) in [6.45, 7) is 18.5. The third-order valence-corrected chi connectivity index (χ3v) is 20.0. The molecule has 9 rings (SSSR count). The van der Waals surface area contributed by atoms with Crippen molar-refractivity contribution in [2.24, 2.45) is 7.05 Å². The van der Waals surface area contributed by atoms with Crippen LogP contribution >= 0.6 is 23.5 Å². The maximum absolute atomic E-state index is 14.8. The van der Waals surface area contributed by atoms with Crippen LogP contribution in [0.4, 0.5) is 16.4 Å². The number of nitrogens with one attached hydrogen (secondary N) is 3. The van der Waals surface area contributed by atoms with E-state index in [9.17, 15) is 47.8 Å². The number of carbonyl (C=O) groups excluding carboxylic acids is 3. The summed E-state index contributed by atoms with van der Waals surface area (Å²) in [6, 6.07) is 16.5. The van der Waals surface area contributed by atoms with Gasteiger partial charge in [-0.2, -0.15) is 8.62 Å². The number of rotatable bonds is 20. The first-order valence-corrected chi connectivity index (χ1v) is 32.7. The molecule has 28 nitrogen and oxygen atoms in total. The highest BCUT2D eigenvalue weighted by Gasteiger charge is 2.52. The number of amides is 3. The highest BCUT2D eigenvalue weighted by molar-refractivity contribution is 7.66.